The lowest BCUT2D eigenvalue weighted by atomic mass is 9.96. The van der Waals surface area contributed by atoms with Crippen LogP contribution < -0.4 is 14.9 Å². The van der Waals surface area contributed by atoms with E-state index in [1.54, 1.807) is 38.1 Å². The number of rotatable bonds is 5. The minimum Gasteiger partial charge on any atom is -0.507 e. The lowest BCUT2D eigenvalue weighted by Gasteiger charge is -2.22. The van der Waals surface area contributed by atoms with Crippen LogP contribution in [-0.2, 0) is 9.53 Å². The molecule has 2 heterocycles. The number of esters is 1. The number of nitro groups is 1. The number of nitrogens with zero attached hydrogens (tertiary/aromatic N) is 3. The summed E-state index contributed by atoms with van der Waals surface area (Å²) in [6, 6.07) is 11.6. The molecule has 2 aromatic carbocycles. The molecule has 0 spiro atoms. The summed E-state index contributed by atoms with van der Waals surface area (Å²) in [4.78, 5) is 41.5. The second kappa shape index (κ2) is 8.83. The first-order valence-electron chi connectivity index (χ1n) is 10.0. The smallest absolute Gasteiger partial charge is 0.338 e. The molecule has 1 N–H and O–H groups in total. The van der Waals surface area contributed by atoms with Crippen LogP contribution in [0, 0.1) is 10.1 Å². The predicted molar refractivity (Wildman–Crippen MR) is 122 cm³/mol. The number of aromatic nitrogens is 1. The van der Waals surface area contributed by atoms with Crippen molar-refractivity contribution in [2.45, 2.75) is 19.9 Å². The fraction of sp³-hybridized carbons (Fsp3) is 0.174. The second-order valence-electron chi connectivity index (χ2n) is 7.19. The molecule has 0 amide bonds. The zero-order chi connectivity index (χ0) is 23.7. The molecule has 1 atom stereocenters. The van der Waals surface area contributed by atoms with Gasteiger partial charge in [0.1, 0.15) is 11.8 Å². The Balaban J connectivity index is 1.94. The van der Waals surface area contributed by atoms with E-state index in [0.29, 0.717) is 26.2 Å². The van der Waals surface area contributed by atoms with Crippen LogP contribution in [0.3, 0.4) is 0 Å². The molecule has 0 radical (unpaired) electrons. The first-order valence-corrected chi connectivity index (χ1v) is 10.9. The summed E-state index contributed by atoms with van der Waals surface area (Å²) in [7, 11) is 0. The van der Waals surface area contributed by atoms with Crippen LogP contribution in [-0.4, -0.2) is 27.2 Å². The van der Waals surface area contributed by atoms with Gasteiger partial charge >= 0.3 is 5.97 Å². The van der Waals surface area contributed by atoms with Crippen molar-refractivity contribution in [3.8, 4) is 5.75 Å². The number of non-ortho nitro benzene ring substituents is 1. The number of ether oxygens (including phenoxy) is 1. The Morgan fingerprint density at radius 1 is 1.27 bits per heavy atom. The quantitative estimate of drug-likeness (QED) is 0.351. The summed E-state index contributed by atoms with van der Waals surface area (Å²) >= 11 is 1.13. The minimum absolute atomic E-state index is 0.0356. The first-order chi connectivity index (χ1) is 15.8. The van der Waals surface area contributed by atoms with E-state index >= 15 is 0 Å². The summed E-state index contributed by atoms with van der Waals surface area (Å²) in [5.74, 6) is -0.578. The Labute approximate surface area is 191 Å². The van der Waals surface area contributed by atoms with Gasteiger partial charge in [0, 0.05) is 23.4 Å². The van der Waals surface area contributed by atoms with Gasteiger partial charge in [-0.3, -0.25) is 19.5 Å². The van der Waals surface area contributed by atoms with Crippen molar-refractivity contribution < 1.29 is 19.6 Å². The normalized spacial score (nSPS) is 15.7. The number of hydrogen-bond acceptors (Lipinski definition) is 8. The van der Waals surface area contributed by atoms with Crippen molar-refractivity contribution >= 4 is 34.8 Å². The molecule has 0 aliphatic carbocycles. The van der Waals surface area contributed by atoms with Gasteiger partial charge < -0.3 is 9.84 Å². The lowest BCUT2D eigenvalue weighted by Crippen LogP contribution is -2.35. The SMILES string of the molecule is CCOC(=O)C1=C(C)n2c(s/c(=C\c3ccccc3O)c2=O)=N[C@H]1c1ccc([N+](=O)[O-])cc1. The summed E-state index contributed by atoms with van der Waals surface area (Å²) in [6.07, 6.45) is 1.57. The number of thiazole rings is 1. The molecule has 10 heteroatoms. The maximum Gasteiger partial charge on any atom is 0.338 e. The van der Waals surface area contributed by atoms with E-state index in [2.05, 4.69) is 4.99 Å². The van der Waals surface area contributed by atoms with Gasteiger partial charge in [0.25, 0.3) is 11.2 Å². The average molecular weight is 465 g/mol. The molecule has 33 heavy (non-hydrogen) atoms. The number of hydrogen-bond donors (Lipinski definition) is 1. The maximum atomic E-state index is 13.2. The molecule has 0 saturated heterocycles. The molecular formula is C23H19N3O6S. The number of fused-ring (bicyclic) bond motifs is 1. The highest BCUT2D eigenvalue weighted by Gasteiger charge is 2.31. The monoisotopic (exact) mass is 465 g/mol. The molecule has 0 unspecified atom stereocenters. The van der Waals surface area contributed by atoms with Crippen molar-refractivity contribution in [2.24, 2.45) is 4.99 Å². The number of nitro benzene ring substituents is 1. The van der Waals surface area contributed by atoms with E-state index < -0.39 is 16.9 Å². The Kier molecular flexibility index (Phi) is 5.93. The maximum absolute atomic E-state index is 13.2. The van der Waals surface area contributed by atoms with E-state index in [1.807, 2.05) is 0 Å². The number of aromatic hydroxyl groups is 1. The van der Waals surface area contributed by atoms with Crippen LogP contribution in [0.1, 0.15) is 31.0 Å². The summed E-state index contributed by atoms with van der Waals surface area (Å²) < 4.78 is 6.91. The van der Waals surface area contributed by atoms with Gasteiger partial charge in [-0.25, -0.2) is 9.79 Å². The van der Waals surface area contributed by atoms with Crippen molar-refractivity contribution in [1.29, 1.82) is 0 Å². The fourth-order valence-corrected chi connectivity index (χ4v) is 4.62. The predicted octanol–water partition coefficient (Wildman–Crippen LogP) is 2.52. The third-order valence-corrected chi connectivity index (χ3v) is 6.17. The van der Waals surface area contributed by atoms with Crippen LogP contribution in [0.2, 0.25) is 0 Å². The largest absolute Gasteiger partial charge is 0.507 e. The minimum atomic E-state index is -0.791. The van der Waals surface area contributed by atoms with Crippen molar-refractivity contribution in [1.82, 2.24) is 4.57 Å². The standard InChI is InChI=1S/C23H19N3O6S/c1-3-32-22(29)19-13(2)25-21(28)18(12-15-6-4-5-7-17(15)27)33-23(25)24-20(19)14-8-10-16(11-9-14)26(30)31/h4-12,20,27H,3H2,1-2H3/b18-12-/t20-/m0/s1. The fourth-order valence-electron chi connectivity index (χ4n) is 3.59. The second-order valence-corrected chi connectivity index (χ2v) is 8.20. The third-order valence-electron chi connectivity index (χ3n) is 5.18. The van der Waals surface area contributed by atoms with Crippen LogP contribution in [0.5, 0.6) is 5.75 Å². The molecular weight excluding hydrogens is 446 g/mol. The van der Waals surface area contributed by atoms with Crippen LogP contribution in [0.25, 0.3) is 11.8 Å². The van der Waals surface area contributed by atoms with Crippen LogP contribution in [0.4, 0.5) is 5.69 Å². The van der Waals surface area contributed by atoms with Crippen molar-refractivity contribution in [3.63, 3.8) is 0 Å². The molecule has 0 fully saturated rings. The third kappa shape index (κ3) is 4.08. The molecule has 4 rings (SSSR count). The van der Waals surface area contributed by atoms with Gasteiger partial charge in [0.2, 0.25) is 0 Å². The summed E-state index contributed by atoms with van der Waals surface area (Å²) in [6.45, 7) is 3.46. The van der Waals surface area contributed by atoms with Crippen molar-refractivity contribution in [2.75, 3.05) is 6.61 Å². The number of allylic oxidation sites excluding steroid dienone is 1. The van der Waals surface area contributed by atoms with E-state index in [1.165, 1.54) is 34.9 Å². The van der Waals surface area contributed by atoms with Gasteiger partial charge in [-0.2, -0.15) is 0 Å². The molecule has 9 nitrogen and oxygen atoms in total. The molecule has 1 aliphatic rings. The zero-order valence-electron chi connectivity index (χ0n) is 17.7. The number of benzene rings is 2. The van der Waals surface area contributed by atoms with Gasteiger partial charge in [-0.05, 0) is 43.7 Å². The van der Waals surface area contributed by atoms with Gasteiger partial charge in [-0.15, -0.1) is 0 Å². The average Bonchev–Trinajstić information content (AvgIpc) is 3.10. The number of phenolic OH excluding ortho intramolecular Hbond substituents is 1. The number of carbonyl (C=O) groups is 1. The zero-order valence-corrected chi connectivity index (χ0v) is 18.5. The highest BCUT2D eigenvalue weighted by atomic mass is 32.1. The molecule has 1 aliphatic heterocycles. The van der Waals surface area contributed by atoms with E-state index in [0.717, 1.165) is 11.3 Å². The molecule has 0 saturated carbocycles. The van der Waals surface area contributed by atoms with E-state index in [9.17, 15) is 24.8 Å². The molecule has 3 aromatic rings. The van der Waals surface area contributed by atoms with E-state index in [-0.39, 0.29) is 29.2 Å². The summed E-state index contributed by atoms with van der Waals surface area (Å²) in [5, 5.41) is 21.1. The topological polar surface area (TPSA) is 124 Å². The summed E-state index contributed by atoms with van der Waals surface area (Å²) in [5.41, 5.74) is 1.14. The van der Waals surface area contributed by atoms with Gasteiger partial charge in [0.05, 0.1) is 21.6 Å². The highest BCUT2D eigenvalue weighted by molar-refractivity contribution is 7.07. The van der Waals surface area contributed by atoms with E-state index in [4.69, 9.17) is 4.74 Å². The number of para-hydroxylation sites is 1. The van der Waals surface area contributed by atoms with Gasteiger partial charge in [-0.1, -0.05) is 29.5 Å². The van der Waals surface area contributed by atoms with Crippen LogP contribution >= 0.6 is 11.3 Å². The molecule has 1 aromatic heterocycles. The van der Waals surface area contributed by atoms with Crippen LogP contribution in [0.15, 0.2) is 63.9 Å². The Morgan fingerprint density at radius 2 is 1.97 bits per heavy atom. The number of carbonyl (C=O) groups excluding carboxylic acids is 1. The lowest BCUT2D eigenvalue weighted by molar-refractivity contribution is -0.384. The van der Waals surface area contributed by atoms with Crippen molar-refractivity contribution in [3.05, 3.63) is 95.0 Å². The molecule has 0 bridgehead atoms. The van der Waals surface area contributed by atoms with Gasteiger partial charge in [0.15, 0.2) is 4.80 Å². The highest BCUT2D eigenvalue weighted by Crippen LogP contribution is 2.33. The first kappa shape index (κ1) is 22.2. The number of phenols is 1. The Bertz CT molecular complexity index is 1470. The Morgan fingerprint density at radius 3 is 2.61 bits per heavy atom. The Hall–Kier alpha value is -4.05. The molecule has 168 valence electrons.